The second-order valence-corrected chi connectivity index (χ2v) is 3.29. The smallest absolute Gasteiger partial charge is 0.267 e. The molecular formula is C10H15N3O2. The summed E-state index contributed by atoms with van der Waals surface area (Å²) < 4.78 is 5.02. The first-order chi connectivity index (χ1) is 7.04. The van der Waals surface area contributed by atoms with Gasteiger partial charge in [-0.25, -0.2) is 5.01 Å². The molecule has 1 amide bonds. The fourth-order valence-corrected chi connectivity index (χ4v) is 1.12. The minimum Gasteiger partial charge on any atom is -0.497 e. The minimum atomic E-state index is -0.253. The molecule has 1 aromatic carbocycles. The fourth-order valence-electron chi connectivity index (χ4n) is 1.12. The third kappa shape index (κ3) is 2.85. The number of nitrogen functional groups attached to an aromatic ring is 1. The number of hydrogen-bond donors (Lipinski definition) is 2. The number of rotatable bonds is 3. The molecular weight excluding hydrogens is 194 g/mol. The molecule has 0 heterocycles. The molecule has 0 radical (unpaired) electrons. The molecule has 0 aromatic heterocycles. The number of hydrogen-bond acceptors (Lipinski definition) is 4. The third-order valence-electron chi connectivity index (χ3n) is 1.83. The molecule has 1 rings (SSSR count). The second kappa shape index (κ2) is 4.65. The van der Waals surface area contributed by atoms with E-state index in [0.717, 1.165) is 0 Å². The van der Waals surface area contributed by atoms with Gasteiger partial charge in [0, 0.05) is 19.8 Å². The Kier molecular flexibility index (Phi) is 3.51. The van der Waals surface area contributed by atoms with Crippen molar-refractivity contribution in [3.63, 3.8) is 0 Å². The number of benzene rings is 1. The topological polar surface area (TPSA) is 67.6 Å². The van der Waals surface area contributed by atoms with E-state index in [4.69, 9.17) is 10.5 Å². The molecule has 0 unspecified atom stereocenters. The summed E-state index contributed by atoms with van der Waals surface area (Å²) in [6, 6.07) is 4.96. The lowest BCUT2D eigenvalue weighted by Gasteiger charge is -2.13. The standard InChI is InChI=1S/C10H15N3O2/c1-13(2)12-10(14)8-6-7(15-3)4-5-9(8)11/h4-6H,11H2,1-3H3,(H,12,14). The van der Waals surface area contributed by atoms with Crippen LogP contribution in [0.15, 0.2) is 18.2 Å². The van der Waals surface area contributed by atoms with Crippen LogP contribution in [0.3, 0.4) is 0 Å². The van der Waals surface area contributed by atoms with Gasteiger partial charge in [0.25, 0.3) is 5.91 Å². The molecule has 82 valence electrons. The molecule has 1 aromatic rings. The Morgan fingerprint density at radius 3 is 2.67 bits per heavy atom. The summed E-state index contributed by atoms with van der Waals surface area (Å²) in [6.07, 6.45) is 0. The third-order valence-corrected chi connectivity index (χ3v) is 1.83. The average molecular weight is 209 g/mol. The van der Waals surface area contributed by atoms with Crippen molar-refractivity contribution in [2.24, 2.45) is 0 Å². The first-order valence-electron chi connectivity index (χ1n) is 4.46. The van der Waals surface area contributed by atoms with E-state index in [1.54, 1.807) is 44.4 Å². The van der Waals surface area contributed by atoms with Gasteiger partial charge in [0.1, 0.15) is 5.75 Å². The van der Waals surface area contributed by atoms with Crippen LogP contribution in [0.1, 0.15) is 10.4 Å². The summed E-state index contributed by atoms with van der Waals surface area (Å²) in [4.78, 5) is 11.7. The van der Waals surface area contributed by atoms with Crippen molar-refractivity contribution in [3.8, 4) is 5.75 Å². The van der Waals surface area contributed by atoms with Gasteiger partial charge in [0.15, 0.2) is 0 Å². The number of hydrazine groups is 1. The van der Waals surface area contributed by atoms with Gasteiger partial charge in [0.05, 0.1) is 12.7 Å². The largest absolute Gasteiger partial charge is 0.497 e. The number of anilines is 1. The van der Waals surface area contributed by atoms with Crippen LogP contribution in [0.4, 0.5) is 5.69 Å². The Balaban J connectivity index is 2.96. The molecule has 5 heteroatoms. The van der Waals surface area contributed by atoms with E-state index in [9.17, 15) is 4.79 Å². The zero-order valence-electron chi connectivity index (χ0n) is 9.07. The first kappa shape index (κ1) is 11.3. The lowest BCUT2D eigenvalue weighted by atomic mass is 10.1. The van der Waals surface area contributed by atoms with Gasteiger partial charge in [-0.3, -0.25) is 10.2 Å². The van der Waals surface area contributed by atoms with Gasteiger partial charge in [-0.05, 0) is 18.2 Å². The van der Waals surface area contributed by atoms with Crippen LogP contribution >= 0.6 is 0 Å². The Hall–Kier alpha value is -1.75. The molecule has 3 N–H and O–H groups in total. The number of amides is 1. The Morgan fingerprint density at radius 1 is 1.47 bits per heavy atom. The van der Waals surface area contributed by atoms with E-state index in [0.29, 0.717) is 17.0 Å². The van der Waals surface area contributed by atoms with Crippen molar-refractivity contribution in [1.29, 1.82) is 0 Å². The molecule has 0 saturated carbocycles. The molecule has 0 aliphatic carbocycles. The van der Waals surface area contributed by atoms with E-state index in [2.05, 4.69) is 5.43 Å². The molecule has 0 saturated heterocycles. The fraction of sp³-hybridized carbons (Fsp3) is 0.300. The number of methoxy groups -OCH3 is 1. The maximum absolute atomic E-state index is 11.7. The van der Waals surface area contributed by atoms with E-state index < -0.39 is 0 Å². The molecule has 0 spiro atoms. The van der Waals surface area contributed by atoms with Gasteiger partial charge in [-0.1, -0.05) is 0 Å². The monoisotopic (exact) mass is 209 g/mol. The quantitative estimate of drug-likeness (QED) is 0.561. The average Bonchev–Trinajstić information content (AvgIpc) is 2.17. The number of nitrogens with zero attached hydrogens (tertiary/aromatic N) is 1. The Bertz CT molecular complexity index is 364. The zero-order valence-corrected chi connectivity index (χ0v) is 9.07. The Labute approximate surface area is 88.8 Å². The summed E-state index contributed by atoms with van der Waals surface area (Å²) in [7, 11) is 5.00. The highest BCUT2D eigenvalue weighted by Gasteiger charge is 2.11. The van der Waals surface area contributed by atoms with E-state index in [-0.39, 0.29) is 5.91 Å². The highest BCUT2D eigenvalue weighted by molar-refractivity contribution is 5.99. The van der Waals surface area contributed by atoms with Crippen LogP contribution in [-0.4, -0.2) is 32.1 Å². The maximum atomic E-state index is 11.7. The van der Waals surface area contributed by atoms with Crippen molar-refractivity contribution >= 4 is 11.6 Å². The molecule has 15 heavy (non-hydrogen) atoms. The van der Waals surface area contributed by atoms with Crippen LogP contribution in [-0.2, 0) is 0 Å². The van der Waals surface area contributed by atoms with E-state index in [1.165, 1.54) is 0 Å². The summed E-state index contributed by atoms with van der Waals surface area (Å²) >= 11 is 0. The lowest BCUT2D eigenvalue weighted by Crippen LogP contribution is -2.36. The number of ether oxygens (including phenoxy) is 1. The van der Waals surface area contributed by atoms with E-state index in [1.807, 2.05) is 0 Å². The van der Waals surface area contributed by atoms with Gasteiger partial charge >= 0.3 is 0 Å². The number of nitrogens with two attached hydrogens (primary N) is 1. The molecule has 0 bridgehead atoms. The number of carbonyl (C=O) groups is 1. The van der Waals surface area contributed by atoms with Crippen LogP contribution < -0.4 is 15.9 Å². The van der Waals surface area contributed by atoms with Crippen molar-refractivity contribution in [1.82, 2.24) is 10.4 Å². The van der Waals surface area contributed by atoms with Crippen LogP contribution in [0.25, 0.3) is 0 Å². The Morgan fingerprint density at radius 2 is 2.13 bits per heavy atom. The molecule has 0 aliphatic heterocycles. The van der Waals surface area contributed by atoms with E-state index >= 15 is 0 Å². The van der Waals surface area contributed by atoms with Crippen LogP contribution in [0.2, 0.25) is 0 Å². The SMILES string of the molecule is COc1ccc(N)c(C(=O)NN(C)C)c1. The zero-order chi connectivity index (χ0) is 11.4. The van der Waals surface area contributed by atoms with Gasteiger partial charge in [0.2, 0.25) is 0 Å². The second-order valence-electron chi connectivity index (χ2n) is 3.29. The van der Waals surface area contributed by atoms with Crippen molar-refractivity contribution in [3.05, 3.63) is 23.8 Å². The van der Waals surface area contributed by atoms with Gasteiger partial charge in [-0.2, -0.15) is 0 Å². The molecule has 0 atom stereocenters. The number of carbonyl (C=O) groups excluding carboxylic acids is 1. The normalized spacial score (nSPS) is 10.1. The predicted octanol–water partition coefficient (Wildman–Crippen LogP) is 0.484. The van der Waals surface area contributed by atoms with Gasteiger partial charge < -0.3 is 10.5 Å². The van der Waals surface area contributed by atoms with Crippen molar-refractivity contribution < 1.29 is 9.53 Å². The van der Waals surface area contributed by atoms with Crippen LogP contribution in [0.5, 0.6) is 5.75 Å². The predicted molar refractivity (Wildman–Crippen MR) is 58.6 cm³/mol. The molecule has 0 fully saturated rings. The minimum absolute atomic E-state index is 0.253. The first-order valence-corrected chi connectivity index (χ1v) is 4.46. The van der Waals surface area contributed by atoms with Crippen LogP contribution in [0, 0.1) is 0 Å². The van der Waals surface area contributed by atoms with Crippen molar-refractivity contribution in [2.45, 2.75) is 0 Å². The molecule has 0 aliphatic rings. The summed E-state index contributed by atoms with van der Waals surface area (Å²) in [5, 5.41) is 1.56. The number of nitrogens with one attached hydrogen (secondary N) is 1. The highest BCUT2D eigenvalue weighted by atomic mass is 16.5. The lowest BCUT2D eigenvalue weighted by molar-refractivity contribution is 0.0857. The summed E-state index contributed by atoms with van der Waals surface area (Å²) in [5.74, 6) is 0.351. The van der Waals surface area contributed by atoms with Crippen molar-refractivity contribution in [2.75, 3.05) is 26.9 Å². The van der Waals surface area contributed by atoms with Gasteiger partial charge in [-0.15, -0.1) is 0 Å². The summed E-state index contributed by atoms with van der Waals surface area (Å²) in [5.41, 5.74) is 9.13. The maximum Gasteiger partial charge on any atom is 0.267 e. The molecule has 5 nitrogen and oxygen atoms in total. The summed E-state index contributed by atoms with van der Waals surface area (Å²) in [6.45, 7) is 0. The highest BCUT2D eigenvalue weighted by Crippen LogP contribution is 2.19.